The lowest BCUT2D eigenvalue weighted by Gasteiger charge is -2.02. The van der Waals surface area contributed by atoms with E-state index in [2.05, 4.69) is 31.0 Å². The van der Waals surface area contributed by atoms with E-state index >= 15 is 0 Å². The monoisotopic (exact) mass is 348 g/mol. The Bertz CT molecular complexity index is 905. The molecule has 122 valence electrons. The first-order chi connectivity index (χ1) is 11.5. The molecule has 24 heavy (non-hydrogen) atoms. The molecule has 0 spiro atoms. The molecule has 2 amide bonds. The Morgan fingerprint density at radius 1 is 1.08 bits per heavy atom. The SMILES string of the molecule is Nc1nonc1C(=O)NNC(=O)c1cc(-c2cccc(Cl)c2)no1. The van der Waals surface area contributed by atoms with Crippen molar-refractivity contribution in [3.8, 4) is 11.3 Å². The summed E-state index contributed by atoms with van der Waals surface area (Å²) in [6.45, 7) is 0. The van der Waals surface area contributed by atoms with Crippen LogP contribution in [0.3, 0.4) is 0 Å². The van der Waals surface area contributed by atoms with Gasteiger partial charge in [0, 0.05) is 16.7 Å². The molecule has 0 saturated carbocycles. The lowest BCUT2D eigenvalue weighted by Crippen LogP contribution is -2.41. The van der Waals surface area contributed by atoms with Crippen LogP contribution in [0.2, 0.25) is 5.02 Å². The fraction of sp³-hybridized carbons (Fsp3) is 0. The van der Waals surface area contributed by atoms with Gasteiger partial charge in [-0.15, -0.1) is 0 Å². The van der Waals surface area contributed by atoms with Gasteiger partial charge in [-0.1, -0.05) is 28.9 Å². The van der Waals surface area contributed by atoms with Gasteiger partial charge in [0.15, 0.2) is 0 Å². The van der Waals surface area contributed by atoms with E-state index in [1.807, 2.05) is 0 Å². The van der Waals surface area contributed by atoms with Crippen LogP contribution < -0.4 is 16.6 Å². The number of nitrogens with one attached hydrogen (secondary N) is 2. The number of nitrogen functional groups attached to an aromatic ring is 1. The van der Waals surface area contributed by atoms with E-state index in [0.717, 1.165) is 0 Å². The highest BCUT2D eigenvalue weighted by Gasteiger charge is 2.19. The molecule has 0 aliphatic heterocycles. The zero-order valence-corrected chi connectivity index (χ0v) is 12.6. The Morgan fingerprint density at radius 3 is 2.58 bits per heavy atom. The second kappa shape index (κ2) is 6.38. The number of carbonyl (C=O) groups excluding carboxylic acids is 2. The summed E-state index contributed by atoms with van der Waals surface area (Å²) < 4.78 is 9.22. The lowest BCUT2D eigenvalue weighted by molar-refractivity contribution is 0.0821. The lowest BCUT2D eigenvalue weighted by atomic mass is 10.1. The van der Waals surface area contributed by atoms with Gasteiger partial charge in [0.05, 0.1) is 0 Å². The molecule has 11 heteroatoms. The molecule has 0 aliphatic carbocycles. The average Bonchev–Trinajstić information content (AvgIpc) is 3.21. The van der Waals surface area contributed by atoms with Gasteiger partial charge in [-0.3, -0.25) is 20.4 Å². The number of aromatic nitrogens is 3. The van der Waals surface area contributed by atoms with E-state index in [1.165, 1.54) is 6.07 Å². The van der Waals surface area contributed by atoms with Crippen LogP contribution in [0, 0.1) is 0 Å². The summed E-state index contributed by atoms with van der Waals surface area (Å²) in [5.41, 5.74) is 10.4. The zero-order valence-electron chi connectivity index (χ0n) is 11.8. The van der Waals surface area contributed by atoms with Crippen LogP contribution in [0.5, 0.6) is 0 Å². The van der Waals surface area contributed by atoms with Crippen molar-refractivity contribution in [3.05, 3.63) is 46.8 Å². The van der Waals surface area contributed by atoms with Crippen LogP contribution in [0.4, 0.5) is 5.82 Å². The maximum atomic E-state index is 11.9. The second-order valence-electron chi connectivity index (χ2n) is 4.49. The third-order valence-corrected chi connectivity index (χ3v) is 3.11. The van der Waals surface area contributed by atoms with Gasteiger partial charge in [-0.05, 0) is 22.4 Å². The quantitative estimate of drug-likeness (QED) is 0.594. The summed E-state index contributed by atoms with van der Waals surface area (Å²) in [4.78, 5) is 23.6. The predicted octanol–water partition coefficient (Wildman–Crippen LogP) is 1.03. The van der Waals surface area contributed by atoms with Gasteiger partial charge in [0.2, 0.25) is 17.3 Å². The molecular formula is C13H9ClN6O4. The molecule has 3 rings (SSSR count). The maximum Gasteiger partial charge on any atom is 0.308 e. The summed E-state index contributed by atoms with van der Waals surface area (Å²) in [5.74, 6) is -1.84. The van der Waals surface area contributed by atoms with Gasteiger partial charge < -0.3 is 10.3 Å². The highest BCUT2D eigenvalue weighted by Crippen LogP contribution is 2.22. The van der Waals surface area contributed by atoms with E-state index in [-0.39, 0.29) is 17.3 Å². The number of anilines is 1. The smallest absolute Gasteiger partial charge is 0.308 e. The molecule has 0 saturated heterocycles. The molecule has 2 aromatic heterocycles. The zero-order chi connectivity index (χ0) is 17.1. The highest BCUT2D eigenvalue weighted by molar-refractivity contribution is 6.30. The van der Waals surface area contributed by atoms with E-state index in [4.69, 9.17) is 21.9 Å². The fourth-order valence-electron chi connectivity index (χ4n) is 1.75. The number of rotatable bonds is 3. The minimum Gasteiger partial charge on any atom is -0.379 e. The number of carbonyl (C=O) groups is 2. The van der Waals surface area contributed by atoms with Gasteiger partial charge in [0.25, 0.3) is 5.91 Å². The molecule has 0 atom stereocenters. The average molecular weight is 349 g/mol. The van der Waals surface area contributed by atoms with Crippen molar-refractivity contribution < 1.29 is 18.7 Å². The number of benzene rings is 1. The van der Waals surface area contributed by atoms with Gasteiger partial charge >= 0.3 is 5.91 Å². The number of nitrogens with zero attached hydrogens (tertiary/aromatic N) is 3. The molecule has 2 heterocycles. The maximum absolute atomic E-state index is 11.9. The van der Waals surface area contributed by atoms with Crippen LogP contribution in [-0.4, -0.2) is 27.3 Å². The molecule has 0 fully saturated rings. The van der Waals surface area contributed by atoms with E-state index in [1.54, 1.807) is 24.3 Å². The van der Waals surface area contributed by atoms with Crippen molar-refractivity contribution in [2.24, 2.45) is 0 Å². The number of amides is 2. The Balaban J connectivity index is 1.66. The van der Waals surface area contributed by atoms with E-state index < -0.39 is 11.8 Å². The number of halogens is 1. The van der Waals surface area contributed by atoms with Gasteiger partial charge in [0.1, 0.15) is 5.69 Å². The summed E-state index contributed by atoms with van der Waals surface area (Å²) in [6.07, 6.45) is 0. The standard InChI is InChI=1S/C13H9ClN6O4/c14-7-3-1-2-6(4-7)8-5-9(23-18-8)12(21)16-17-13(22)10-11(15)20-24-19-10/h1-5H,(H2,15,20)(H,16,21)(H,17,22). The summed E-state index contributed by atoms with van der Waals surface area (Å²) in [7, 11) is 0. The molecule has 10 nitrogen and oxygen atoms in total. The highest BCUT2D eigenvalue weighted by atomic mass is 35.5. The minimum absolute atomic E-state index is 0.114. The summed E-state index contributed by atoms with van der Waals surface area (Å²) in [5, 5.41) is 10.8. The number of nitrogens with two attached hydrogens (primary N) is 1. The second-order valence-corrected chi connectivity index (χ2v) is 4.93. The Morgan fingerprint density at radius 2 is 1.88 bits per heavy atom. The van der Waals surface area contributed by atoms with Crippen LogP contribution >= 0.6 is 11.6 Å². The third-order valence-electron chi connectivity index (χ3n) is 2.87. The van der Waals surface area contributed by atoms with Crippen molar-refractivity contribution in [2.45, 2.75) is 0 Å². The molecular weight excluding hydrogens is 340 g/mol. The first kappa shape index (κ1) is 15.5. The summed E-state index contributed by atoms with van der Waals surface area (Å²) in [6, 6.07) is 8.28. The Hall–Kier alpha value is -3.40. The van der Waals surface area contributed by atoms with Crippen LogP contribution in [0.25, 0.3) is 11.3 Å². The van der Waals surface area contributed by atoms with Crippen molar-refractivity contribution in [2.75, 3.05) is 5.73 Å². The largest absolute Gasteiger partial charge is 0.379 e. The molecule has 0 aliphatic rings. The molecule has 3 aromatic rings. The predicted molar refractivity (Wildman–Crippen MR) is 80.6 cm³/mol. The number of hydrazine groups is 1. The molecule has 0 bridgehead atoms. The topological polar surface area (TPSA) is 149 Å². The first-order valence-corrected chi connectivity index (χ1v) is 6.84. The number of hydrogen-bond acceptors (Lipinski definition) is 8. The van der Waals surface area contributed by atoms with Crippen LogP contribution in [0.15, 0.2) is 39.5 Å². The Labute approximate surface area is 138 Å². The van der Waals surface area contributed by atoms with Crippen molar-refractivity contribution in [1.82, 2.24) is 26.3 Å². The van der Waals surface area contributed by atoms with Crippen molar-refractivity contribution in [1.29, 1.82) is 0 Å². The molecule has 4 N–H and O–H groups in total. The van der Waals surface area contributed by atoms with Crippen LogP contribution in [0.1, 0.15) is 21.0 Å². The van der Waals surface area contributed by atoms with Gasteiger partial charge in [-0.2, -0.15) is 0 Å². The van der Waals surface area contributed by atoms with E-state index in [9.17, 15) is 9.59 Å². The number of hydrogen-bond donors (Lipinski definition) is 3. The third kappa shape index (κ3) is 3.17. The van der Waals surface area contributed by atoms with Crippen LogP contribution in [-0.2, 0) is 0 Å². The Kier molecular flexibility index (Phi) is 4.12. The normalized spacial score (nSPS) is 10.4. The first-order valence-electron chi connectivity index (χ1n) is 6.46. The fourth-order valence-corrected chi connectivity index (χ4v) is 1.94. The minimum atomic E-state index is -0.795. The summed E-state index contributed by atoms with van der Waals surface area (Å²) >= 11 is 5.90. The molecule has 0 unspecified atom stereocenters. The van der Waals surface area contributed by atoms with Crippen molar-refractivity contribution >= 4 is 29.2 Å². The van der Waals surface area contributed by atoms with Gasteiger partial charge in [-0.25, -0.2) is 4.63 Å². The molecule has 0 radical (unpaired) electrons. The van der Waals surface area contributed by atoms with Crippen molar-refractivity contribution in [3.63, 3.8) is 0 Å². The molecule has 1 aromatic carbocycles. The van der Waals surface area contributed by atoms with E-state index in [0.29, 0.717) is 16.3 Å².